The number of nitrogens with one attached hydrogen (secondary N) is 1. The number of carbonyl (C=O) groups is 2. The van der Waals surface area contributed by atoms with E-state index in [1.807, 2.05) is 0 Å². The van der Waals surface area contributed by atoms with Gasteiger partial charge >= 0.3 is 0 Å². The van der Waals surface area contributed by atoms with Crippen molar-refractivity contribution in [3.63, 3.8) is 0 Å². The molecule has 64 valence electrons. The van der Waals surface area contributed by atoms with Crippen molar-refractivity contribution in [2.24, 2.45) is 0 Å². The highest BCUT2D eigenvalue weighted by molar-refractivity contribution is 6.37. The summed E-state index contributed by atoms with van der Waals surface area (Å²) in [5.74, 6) is -0.702. The first-order chi connectivity index (χ1) is 5.77. The second-order valence-corrected chi connectivity index (χ2v) is 3.34. The molecule has 1 aliphatic heterocycles. The van der Waals surface area contributed by atoms with Crippen molar-refractivity contribution in [2.75, 3.05) is 0 Å². The van der Waals surface area contributed by atoms with Gasteiger partial charge in [-0.3, -0.25) is 9.59 Å². The fraction of sp³-hybridized carbons (Fsp3) is 0.556. The van der Waals surface area contributed by atoms with Gasteiger partial charge in [-0.25, -0.2) is 0 Å². The van der Waals surface area contributed by atoms with E-state index >= 15 is 0 Å². The first kappa shape index (κ1) is 7.53. The third-order valence-corrected chi connectivity index (χ3v) is 2.47. The van der Waals surface area contributed by atoms with Crippen molar-refractivity contribution in [3.8, 4) is 0 Å². The summed E-state index contributed by atoms with van der Waals surface area (Å²) in [6, 6.07) is 0. The third kappa shape index (κ3) is 1.15. The molecule has 1 amide bonds. The molecule has 0 aromatic rings. The summed E-state index contributed by atoms with van der Waals surface area (Å²) in [4.78, 5) is 22.0. The predicted molar refractivity (Wildman–Crippen MR) is 43.3 cm³/mol. The number of rotatable bonds is 0. The van der Waals surface area contributed by atoms with Gasteiger partial charge in [0.15, 0.2) is 0 Å². The zero-order valence-corrected chi connectivity index (χ0v) is 6.85. The lowest BCUT2D eigenvalue weighted by Crippen LogP contribution is -2.36. The molecule has 1 N–H and O–H groups in total. The Balaban J connectivity index is 2.26. The van der Waals surface area contributed by atoms with E-state index in [4.69, 9.17) is 0 Å². The molecular weight excluding hydrogens is 154 g/mol. The highest BCUT2D eigenvalue weighted by Crippen LogP contribution is 2.27. The molecule has 0 radical (unpaired) electrons. The molecule has 0 fully saturated rings. The Morgan fingerprint density at radius 2 is 1.83 bits per heavy atom. The van der Waals surface area contributed by atoms with Crippen LogP contribution >= 0.6 is 0 Å². The van der Waals surface area contributed by atoms with Crippen LogP contribution < -0.4 is 5.32 Å². The molecular formula is C9H11NO2. The SMILES string of the molecule is O=C1CC2=C(CCCC2)NC1=O. The maximum absolute atomic E-state index is 11.0. The molecule has 12 heavy (non-hydrogen) atoms. The predicted octanol–water partition coefficient (Wildman–Crippen LogP) is 0.903. The Labute approximate surface area is 70.8 Å². The summed E-state index contributed by atoms with van der Waals surface area (Å²) in [5, 5.41) is 2.66. The number of ketones is 1. The molecule has 0 aromatic heterocycles. The fourth-order valence-corrected chi connectivity index (χ4v) is 1.79. The molecule has 0 aromatic carbocycles. The molecule has 3 nitrogen and oxygen atoms in total. The minimum Gasteiger partial charge on any atom is -0.323 e. The van der Waals surface area contributed by atoms with Crippen LogP contribution in [0, 0.1) is 0 Å². The quantitative estimate of drug-likeness (QED) is 0.542. The lowest BCUT2D eigenvalue weighted by Gasteiger charge is -2.23. The standard InChI is InChI=1S/C9H11NO2/c11-8-5-6-3-1-2-4-7(6)10-9(8)12/h1-5H2,(H,10,12). The van der Waals surface area contributed by atoms with Crippen LogP contribution in [0.15, 0.2) is 11.3 Å². The van der Waals surface area contributed by atoms with E-state index in [0.29, 0.717) is 6.42 Å². The maximum Gasteiger partial charge on any atom is 0.291 e. The molecule has 2 rings (SSSR count). The van der Waals surface area contributed by atoms with Gasteiger partial charge in [0.25, 0.3) is 5.91 Å². The van der Waals surface area contributed by atoms with Crippen LogP contribution in [0.3, 0.4) is 0 Å². The lowest BCUT2D eigenvalue weighted by molar-refractivity contribution is -0.137. The Morgan fingerprint density at radius 3 is 2.67 bits per heavy atom. The van der Waals surface area contributed by atoms with Crippen molar-refractivity contribution >= 4 is 11.7 Å². The minimum atomic E-state index is -0.421. The monoisotopic (exact) mass is 165 g/mol. The van der Waals surface area contributed by atoms with Crippen LogP contribution in [-0.4, -0.2) is 11.7 Å². The van der Waals surface area contributed by atoms with E-state index < -0.39 is 5.91 Å². The van der Waals surface area contributed by atoms with Crippen LogP contribution in [0.4, 0.5) is 0 Å². The van der Waals surface area contributed by atoms with E-state index in [2.05, 4.69) is 5.32 Å². The molecule has 3 heteroatoms. The Morgan fingerprint density at radius 1 is 1.08 bits per heavy atom. The average Bonchev–Trinajstić information content (AvgIpc) is 2.07. The summed E-state index contributed by atoms with van der Waals surface area (Å²) in [7, 11) is 0. The van der Waals surface area contributed by atoms with Crippen LogP contribution in [-0.2, 0) is 9.59 Å². The van der Waals surface area contributed by atoms with Crippen molar-refractivity contribution < 1.29 is 9.59 Å². The summed E-state index contributed by atoms with van der Waals surface area (Å²) in [6.07, 6.45) is 4.58. The van der Waals surface area contributed by atoms with Gasteiger partial charge in [-0.1, -0.05) is 0 Å². The largest absolute Gasteiger partial charge is 0.323 e. The second-order valence-electron chi connectivity index (χ2n) is 3.34. The molecule has 0 atom stereocenters. The van der Waals surface area contributed by atoms with Crippen molar-refractivity contribution in [2.45, 2.75) is 32.1 Å². The normalized spacial score (nSPS) is 23.7. The number of carbonyl (C=O) groups excluding carboxylic acids is 2. The van der Waals surface area contributed by atoms with Crippen LogP contribution in [0.1, 0.15) is 32.1 Å². The Bertz CT molecular complexity index is 250. The molecule has 0 saturated heterocycles. The number of Topliss-reactive ketones (excluding diaryl/α,β-unsaturated/α-hetero) is 1. The van der Waals surface area contributed by atoms with Crippen LogP contribution in [0.5, 0.6) is 0 Å². The minimum absolute atomic E-state index is 0.282. The maximum atomic E-state index is 11.0. The zero-order chi connectivity index (χ0) is 8.55. The topological polar surface area (TPSA) is 46.2 Å². The van der Waals surface area contributed by atoms with Gasteiger partial charge in [0, 0.05) is 12.1 Å². The number of amides is 1. The Hall–Kier alpha value is -1.12. The number of hydrogen-bond acceptors (Lipinski definition) is 2. The van der Waals surface area contributed by atoms with E-state index in [1.165, 1.54) is 0 Å². The first-order valence-corrected chi connectivity index (χ1v) is 4.32. The molecule has 0 spiro atoms. The summed E-state index contributed by atoms with van der Waals surface area (Å²) in [5.41, 5.74) is 2.18. The molecule has 2 aliphatic rings. The summed E-state index contributed by atoms with van der Waals surface area (Å²) >= 11 is 0. The van der Waals surface area contributed by atoms with Gasteiger partial charge in [0.1, 0.15) is 0 Å². The average molecular weight is 165 g/mol. The van der Waals surface area contributed by atoms with E-state index in [-0.39, 0.29) is 5.78 Å². The van der Waals surface area contributed by atoms with E-state index in [1.54, 1.807) is 0 Å². The first-order valence-electron chi connectivity index (χ1n) is 4.32. The Kier molecular flexibility index (Phi) is 1.71. The van der Waals surface area contributed by atoms with Crippen molar-refractivity contribution in [1.29, 1.82) is 0 Å². The second kappa shape index (κ2) is 2.73. The van der Waals surface area contributed by atoms with Crippen molar-refractivity contribution in [3.05, 3.63) is 11.3 Å². The van der Waals surface area contributed by atoms with Crippen LogP contribution in [0.25, 0.3) is 0 Å². The zero-order valence-electron chi connectivity index (χ0n) is 6.85. The lowest BCUT2D eigenvalue weighted by atomic mass is 9.90. The highest BCUT2D eigenvalue weighted by Gasteiger charge is 2.26. The number of allylic oxidation sites excluding steroid dienone is 2. The van der Waals surface area contributed by atoms with Gasteiger partial charge in [-0.05, 0) is 31.3 Å². The van der Waals surface area contributed by atoms with Gasteiger partial charge in [-0.2, -0.15) is 0 Å². The third-order valence-electron chi connectivity index (χ3n) is 2.47. The van der Waals surface area contributed by atoms with Gasteiger partial charge in [-0.15, -0.1) is 0 Å². The molecule has 0 unspecified atom stereocenters. The van der Waals surface area contributed by atoms with Gasteiger partial charge in [0.05, 0.1) is 0 Å². The molecule has 1 aliphatic carbocycles. The molecule has 1 heterocycles. The number of hydrogen-bond donors (Lipinski definition) is 1. The van der Waals surface area contributed by atoms with Gasteiger partial charge < -0.3 is 5.32 Å². The van der Waals surface area contributed by atoms with E-state index in [9.17, 15) is 9.59 Å². The van der Waals surface area contributed by atoms with Crippen molar-refractivity contribution in [1.82, 2.24) is 5.32 Å². The summed E-state index contributed by atoms with van der Waals surface area (Å²) in [6.45, 7) is 0. The fourth-order valence-electron chi connectivity index (χ4n) is 1.79. The molecule has 0 saturated carbocycles. The smallest absolute Gasteiger partial charge is 0.291 e. The highest BCUT2D eigenvalue weighted by atomic mass is 16.2. The van der Waals surface area contributed by atoms with Gasteiger partial charge in [0.2, 0.25) is 5.78 Å². The van der Waals surface area contributed by atoms with Crippen LogP contribution in [0.2, 0.25) is 0 Å². The van der Waals surface area contributed by atoms with E-state index in [0.717, 1.165) is 37.0 Å². The molecule has 0 bridgehead atoms. The summed E-state index contributed by atoms with van der Waals surface area (Å²) < 4.78 is 0.